The molecule has 0 atom stereocenters. The van der Waals surface area contributed by atoms with Crippen molar-refractivity contribution in [1.82, 2.24) is 28.7 Å². The first-order valence-electron chi connectivity index (χ1n) is 14.8. The van der Waals surface area contributed by atoms with Gasteiger partial charge in [0, 0.05) is 46.4 Å². The fourth-order valence-electron chi connectivity index (χ4n) is 5.48. The van der Waals surface area contributed by atoms with Crippen LogP contribution in [0.25, 0.3) is 33.3 Å². The average molecular weight is 617 g/mol. The molecule has 230 valence electrons. The molecule has 2 aromatic heterocycles. The van der Waals surface area contributed by atoms with Crippen molar-refractivity contribution in [3.8, 4) is 17.1 Å². The van der Waals surface area contributed by atoms with Crippen LogP contribution < -0.4 is 10.3 Å². The SMILES string of the molecule is CCCOc1ccc(S(=O)(=O)N2CCN(CCOC)CC2)cc1-c1nc2cc3ncn(Cc4ccccc4)c3cc2c(=O)[nH]1. The topological polar surface area (TPSA) is 123 Å². The highest BCUT2D eigenvalue weighted by atomic mass is 32.2. The Kier molecular flexibility index (Phi) is 8.76. The van der Waals surface area contributed by atoms with Gasteiger partial charge in [-0.05, 0) is 42.3 Å². The molecule has 1 aliphatic rings. The molecule has 0 aliphatic carbocycles. The minimum absolute atomic E-state index is 0.125. The Labute approximate surface area is 256 Å². The number of rotatable bonds is 11. The number of sulfonamides is 1. The Morgan fingerprint density at radius 2 is 1.75 bits per heavy atom. The number of aromatic nitrogens is 4. The minimum Gasteiger partial charge on any atom is -0.493 e. The van der Waals surface area contributed by atoms with E-state index in [1.54, 1.807) is 43.8 Å². The first kappa shape index (κ1) is 29.9. The van der Waals surface area contributed by atoms with Crippen LogP contribution in [0, 0.1) is 0 Å². The van der Waals surface area contributed by atoms with Crippen molar-refractivity contribution < 1.29 is 17.9 Å². The van der Waals surface area contributed by atoms with Crippen molar-refractivity contribution in [3.05, 3.63) is 82.9 Å². The summed E-state index contributed by atoms with van der Waals surface area (Å²) in [7, 11) is -2.13. The molecule has 1 saturated heterocycles. The van der Waals surface area contributed by atoms with E-state index >= 15 is 0 Å². The number of benzene rings is 3. The molecule has 6 rings (SSSR count). The van der Waals surface area contributed by atoms with E-state index in [-0.39, 0.29) is 16.3 Å². The molecule has 12 heteroatoms. The van der Waals surface area contributed by atoms with E-state index in [1.165, 1.54) is 4.31 Å². The molecule has 0 saturated carbocycles. The Balaban J connectivity index is 1.36. The van der Waals surface area contributed by atoms with Crippen LogP contribution >= 0.6 is 0 Å². The quantitative estimate of drug-likeness (QED) is 0.238. The number of nitrogens with one attached hydrogen (secondary N) is 1. The van der Waals surface area contributed by atoms with Gasteiger partial charge in [-0.15, -0.1) is 0 Å². The van der Waals surface area contributed by atoms with Crippen LogP contribution in [0.5, 0.6) is 5.75 Å². The Morgan fingerprint density at radius 1 is 0.955 bits per heavy atom. The third-order valence-corrected chi connectivity index (χ3v) is 9.79. The number of H-pyrrole nitrogens is 1. The van der Waals surface area contributed by atoms with E-state index in [0.29, 0.717) is 73.7 Å². The highest BCUT2D eigenvalue weighted by Gasteiger charge is 2.29. The third-order valence-electron chi connectivity index (χ3n) is 7.89. The minimum atomic E-state index is -3.79. The lowest BCUT2D eigenvalue weighted by Gasteiger charge is -2.33. The average Bonchev–Trinajstić information content (AvgIpc) is 3.43. The lowest BCUT2D eigenvalue weighted by molar-refractivity contribution is 0.123. The van der Waals surface area contributed by atoms with Crippen LogP contribution in [-0.2, 0) is 21.3 Å². The molecule has 1 fully saturated rings. The fourth-order valence-corrected chi connectivity index (χ4v) is 6.93. The standard InChI is InChI=1S/C32H36N6O5S/c1-3-16-43-30-10-9-24(44(40,41)38-13-11-36(12-14-38)15-17-42-2)18-26(30)31-34-27-20-28-29(19-25(27)32(39)35-31)37(22-33-28)21-23-7-5-4-6-8-23/h4-10,18-20,22H,3,11-17,21H2,1-2H3,(H,34,35,39). The zero-order valence-corrected chi connectivity index (χ0v) is 25.7. The van der Waals surface area contributed by atoms with Gasteiger partial charge >= 0.3 is 0 Å². The number of aromatic amines is 1. The molecule has 3 aromatic carbocycles. The van der Waals surface area contributed by atoms with Crippen LogP contribution in [0.15, 0.2) is 76.7 Å². The smallest absolute Gasteiger partial charge is 0.259 e. The molecule has 0 bridgehead atoms. The molecule has 11 nitrogen and oxygen atoms in total. The maximum Gasteiger partial charge on any atom is 0.259 e. The molecule has 3 heterocycles. The van der Waals surface area contributed by atoms with Crippen molar-refractivity contribution in [2.45, 2.75) is 24.8 Å². The number of hydrogen-bond acceptors (Lipinski definition) is 8. The molecule has 5 aromatic rings. The summed E-state index contributed by atoms with van der Waals surface area (Å²) < 4.78 is 42.1. The lowest BCUT2D eigenvalue weighted by atomic mass is 10.1. The summed E-state index contributed by atoms with van der Waals surface area (Å²) >= 11 is 0. The number of imidazole rings is 1. The van der Waals surface area contributed by atoms with Crippen molar-refractivity contribution in [3.63, 3.8) is 0 Å². The highest BCUT2D eigenvalue weighted by molar-refractivity contribution is 7.89. The monoisotopic (exact) mass is 616 g/mol. The van der Waals surface area contributed by atoms with Crippen molar-refractivity contribution in [2.75, 3.05) is 53.0 Å². The lowest BCUT2D eigenvalue weighted by Crippen LogP contribution is -2.49. The summed E-state index contributed by atoms with van der Waals surface area (Å²) in [4.78, 5) is 28.0. The largest absolute Gasteiger partial charge is 0.493 e. The number of nitrogens with zero attached hydrogens (tertiary/aromatic N) is 5. The first-order chi connectivity index (χ1) is 21.4. The van der Waals surface area contributed by atoms with Gasteiger partial charge in [0.1, 0.15) is 11.6 Å². The van der Waals surface area contributed by atoms with Crippen LogP contribution in [0.3, 0.4) is 0 Å². The molecule has 0 spiro atoms. The van der Waals surface area contributed by atoms with E-state index in [2.05, 4.69) is 14.9 Å². The van der Waals surface area contributed by atoms with Gasteiger partial charge in [0.05, 0.1) is 51.9 Å². The van der Waals surface area contributed by atoms with Crippen LogP contribution in [0.2, 0.25) is 0 Å². The van der Waals surface area contributed by atoms with E-state index in [1.807, 2.05) is 41.8 Å². The second kappa shape index (κ2) is 12.9. The van der Waals surface area contributed by atoms with Crippen LogP contribution in [-0.4, -0.2) is 90.2 Å². The first-order valence-corrected chi connectivity index (χ1v) is 16.2. The predicted molar refractivity (Wildman–Crippen MR) is 169 cm³/mol. The summed E-state index contributed by atoms with van der Waals surface area (Å²) in [5.74, 6) is 0.684. The summed E-state index contributed by atoms with van der Waals surface area (Å²) in [6.07, 6.45) is 2.52. The molecule has 0 unspecified atom stereocenters. The highest BCUT2D eigenvalue weighted by Crippen LogP contribution is 2.32. The maximum atomic E-state index is 13.7. The number of hydrogen-bond donors (Lipinski definition) is 1. The van der Waals surface area contributed by atoms with Crippen LogP contribution in [0.1, 0.15) is 18.9 Å². The number of methoxy groups -OCH3 is 1. The second-order valence-electron chi connectivity index (χ2n) is 10.9. The predicted octanol–water partition coefficient (Wildman–Crippen LogP) is 3.73. The van der Waals surface area contributed by atoms with Gasteiger partial charge < -0.3 is 19.0 Å². The molecule has 44 heavy (non-hydrogen) atoms. The van der Waals surface area contributed by atoms with Gasteiger partial charge in [-0.3, -0.25) is 9.69 Å². The second-order valence-corrected chi connectivity index (χ2v) is 12.8. The van der Waals surface area contributed by atoms with E-state index in [0.717, 1.165) is 24.0 Å². The Morgan fingerprint density at radius 3 is 2.50 bits per heavy atom. The molecule has 1 aliphatic heterocycles. The summed E-state index contributed by atoms with van der Waals surface area (Å²) in [5, 5.41) is 0.419. The van der Waals surface area contributed by atoms with Gasteiger partial charge in [0.25, 0.3) is 5.56 Å². The molecular weight excluding hydrogens is 580 g/mol. The zero-order chi connectivity index (χ0) is 30.7. The zero-order valence-electron chi connectivity index (χ0n) is 24.9. The number of piperazine rings is 1. The normalized spacial score (nSPS) is 14.9. The van der Waals surface area contributed by atoms with Gasteiger partial charge in [0.15, 0.2) is 0 Å². The molecular formula is C32H36N6O5S. The van der Waals surface area contributed by atoms with E-state index < -0.39 is 10.0 Å². The molecule has 0 radical (unpaired) electrons. The van der Waals surface area contributed by atoms with Crippen molar-refractivity contribution in [1.29, 1.82) is 0 Å². The number of ether oxygens (including phenoxy) is 2. The van der Waals surface area contributed by atoms with Gasteiger partial charge in [-0.25, -0.2) is 18.4 Å². The van der Waals surface area contributed by atoms with Crippen molar-refractivity contribution >= 4 is 32.0 Å². The summed E-state index contributed by atoms with van der Waals surface area (Å²) in [6.45, 7) is 6.42. The van der Waals surface area contributed by atoms with Gasteiger partial charge in [-0.2, -0.15) is 4.31 Å². The van der Waals surface area contributed by atoms with Crippen LogP contribution in [0.4, 0.5) is 0 Å². The fraction of sp³-hybridized carbons (Fsp3) is 0.344. The van der Waals surface area contributed by atoms with Gasteiger partial charge in [-0.1, -0.05) is 37.3 Å². The molecule has 0 amide bonds. The van der Waals surface area contributed by atoms with Gasteiger partial charge in [0.2, 0.25) is 10.0 Å². The Bertz CT molecular complexity index is 1930. The summed E-state index contributed by atoms with van der Waals surface area (Å²) in [5.41, 5.74) is 3.19. The third kappa shape index (κ3) is 6.11. The van der Waals surface area contributed by atoms with E-state index in [9.17, 15) is 13.2 Å². The van der Waals surface area contributed by atoms with E-state index in [4.69, 9.17) is 14.5 Å². The maximum absolute atomic E-state index is 13.7. The summed E-state index contributed by atoms with van der Waals surface area (Å²) in [6, 6.07) is 18.4. The Hall–Kier alpha value is -4.10. The molecule has 1 N–H and O–H groups in total. The number of fused-ring (bicyclic) bond motifs is 2. The van der Waals surface area contributed by atoms with Crippen molar-refractivity contribution in [2.24, 2.45) is 0 Å².